The van der Waals surface area contributed by atoms with E-state index in [1.54, 1.807) is 0 Å². The molecule has 20 heavy (non-hydrogen) atoms. The van der Waals surface area contributed by atoms with Crippen LogP contribution in [0.2, 0.25) is 0 Å². The minimum Gasteiger partial charge on any atom is -0.505 e. The van der Waals surface area contributed by atoms with Gasteiger partial charge in [0.25, 0.3) is 0 Å². The maximum atomic E-state index is 13.4. The molecule has 1 aromatic carbocycles. The van der Waals surface area contributed by atoms with E-state index in [-0.39, 0.29) is 5.75 Å². The molecule has 1 fully saturated rings. The van der Waals surface area contributed by atoms with Crippen LogP contribution in [0.1, 0.15) is 46.5 Å². The van der Waals surface area contributed by atoms with Crippen LogP contribution in [0.3, 0.4) is 0 Å². The quantitative estimate of drug-likeness (QED) is 0.856. The maximum Gasteiger partial charge on any atom is 0.204 e. The zero-order valence-electron chi connectivity index (χ0n) is 12.5. The van der Waals surface area contributed by atoms with Gasteiger partial charge in [-0.1, -0.05) is 33.6 Å². The lowest BCUT2D eigenvalue weighted by molar-refractivity contribution is 0.181. The molecule has 0 bridgehead atoms. The minimum atomic E-state index is -1.25. The molecule has 1 N–H and O–H groups in total. The van der Waals surface area contributed by atoms with Crippen molar-refractivity contribution < 1.29 is 18.6 Å². The Morgan fingerprint density at radius 3 is 2.30 bits per heavy atom. The monoisotopic (exact) mass is 286 g/mol. The number of hydrogen-bond acceptors (Lipinski definition) is 2. The fourth-order valence-corrected chi connectivity index (χ4v) is 2.34. The number of phenols is 1. The van der Waals surface area contributed by atoms with Gasteiger partial charge in [-0.2, -0.15) is 8.78 Å². The molecule has 114 valence electrons. The van der Waals surface area contributed by atoms with E-state index in [9.17, 15) is 8.78 Å². The molecule has 1 aromatic rings. The predicted molar refractivity (Wildman–Crippen MR) is 76.0 cm³/mol. The van der Waals surface area contributed by atoms with Crippen molar-refractivity contribution in [2.75, 3.05) is 6.61 Å². The average Bonchev–Trinajstić information content (AvgIpc) is 2.48. The van der Waals surface area contributed by atoms with Gasteiger partial charge in [-0.05, 0) is 36.8 Å². The number of halogens is 2. The van der Waals surface area contributed by atoms with Crippen LogP contribution in [0.15, 0.2) is 12.1 Å². The molecule has 0 saturated heterocycles. The summed E-state index contributed by atoms with van der Waals surface area (Å²) in [4.78, 5) is 0. The smallest absolute Gasteiger partial charge is 0.204 e. The molecule has 0 aromatic heterocycles. The summed E-state index contributed by atoms with van der Waals surface area (Å²) in [5.74, 6) is -2.00. The molecule has 0 atom stereocenters. The predicted octanol–water partition coefficient (Wildman–Crippen LogP) is 4.90. The van der Waals surface area contributed by atoms with Crippen molar-refractivity contribution in [3.8, 4) is 11.5 Å². The van der Waals surface area contributed by atoms with Crippen molar-refractivity contribution in [3.63, 3.8) is 0 Å². The van der Waals surface area contributed by atoms with Gasteiger partial charge < -0.3 is 9.84 Å². The first-order valence-electron chi connectivity index (χ1n) is 7.37. The van der Waals surface area contributed by atoms with Crippen molar-refractivity contribution in [1.29, 1.82) is 0 Å². The van der Waals surface area contributed by atoms with Crippen LogP contribution < -0.4 is 4.74 Å². The van der Waals surface area contributed by atoms with Gasteiger partial charge in [0.15, 0.2) is 11.5 Å². The van der Waals surface area contributed by atoms with Gasteiger partial charge >= 0.3 is 0 Å². The van der Waals surface area contributed by atoms with E-state index in [4.69, 9.17) is 9.84 Å². The molecule has 2 rings (SSSR count). The second kappa shape index (κ2) is 8.08. The standard InChI is InChI=1S/C14H18F2O2.C2H6/c1-9-2-4-10(5-3-9)8-18-12-7-6-11(17)13(15)14(12)16;1-2/h6-7,9-10,17H,2-5,8H2,1H3;1-2H3. The van der Waals surface area contributed by atoms with E-state index in [0.29, 0.717) is 12.5 Å². The van der Waals surface area contributed by atoms with Gasteiger partial charge in [0.2, 0.25) is 11.6 Å². The van der Waals surface area contributed by atoms with Gasteiger partial charge in [0.1, 0.15) is 0 Å². The highest BCUT2D eigenvalue weighted by molar-refractivity contribution is 5.33. The summed E-state index contributed by atoms with van der Waals surface area (Å²) in [6, 6.07) is 2.37. The van der Waals surface area contributed by atoms with E-state index in [1.165, 1.54) is 18.9 Å². The molecule has 2 nitrogen and oxygen atoms in total. The summed E-state index contributed by atoms with van der Waals surface area (Å²) >= 11 is 0. The first kappa shape index (κ1) is 16.7. The van der Waals surface area contributed by atoms with Crippen LogP contribution in [-0.2, 0) is 0 Å². The summed E-state index contributed by atoms with van der Waals surface area (Å²) in [7, 11) is 0. The summed E-state index contributed by atoms with van der Waals surface area (Å²) in [5.41, 5.74) is 0. The molecule has 0 heterocycles. The van der Waals surface area contributed by atoms with E-state index < -0.39 is 17.4 Å². The van der Waals surface area contributed by atoms with Crippen LogP contribution >= 0.6 is 0 Å². The normalized spacial score (nSPS) is 21.9. The molecule has 0 amide bonds. The Balaban J connectivity index is 0.000000956. The van der Waals surface area contributed by atoms with Crippen molar-refractivity contribution >= 4 is 0 Å². The van der Waals surface area contributed by atoms with Crippen molar-refractivity contribution in [3.05, 3.63) is 23.8 Å². The van der Waals surface area contributed by atoms with Gasteiger partial charge in [0.05, 0.1) is 6.61 Å². The molecule has 1 aliphatic carbocycles. The topological polar surface area (TPSA) is 29.5 Å². The molecule has 0 aliphatic heterocycles. The zero-order valence-corrected chi connectivity index (χ0v) is 12.5. The number of ether oxygens (including phenoxy) is 1. The molecular weight excluding hydrogens is 262 g/mol. The molecule has 0 spiro atoms. The number of rotatable bonds is 3. The van der Waals surface area contributed by atoms with Crippen molar-refractivity contribution in [2.24, 2.45) is 11.8 Å². The third-order valence-corrected chi connectivity index (χ3v) is 3.64. The third kappa shape index (κ3) is 4.36. The summed E-state index contributed by atoms with van der Waals surface area (Å²) in [5, 5.41) is 9.00. The van der Waals surface area contributed by atoms with Crippen LogP contribution in [0.5, 0.6) is 11.5 Å². The average molecular weight is 286 g/mol. The van der Waals surface area contributed by atoms with Gasteiger partial charge in [-0.15, -0.1) is 0 Å². The molecular formula is C16H24F2O2. The second-order valence-electron chi connectivity index (χ2n) is 5.15. The molecule has 4 heteroatoms. The minimum absolute atomic E-state index is 0.121. The largest absolute Gasteiger partial charge is 0.505 e. The molecule has 0 unspecified atom stereocenters. The third-order valence-electron chi connectivity index (χ3n) is 3.64. The van der Waals surface area contributed by atoms with E-state index in [0.717, 1.165) is 24.8 Å². The second-order valence-corrected chi connectivity index (χ2v) is 5.15. The van der Waals surface area contributed by atoms with Gasteiger partial charge in [-0.3, -0.25) is 0 Å². The molecule has 1 saturated carbocycles. The highest BCUT2D eigenvalue weighted by Crippen LogP contribution is 2.30. The fourth-order valence-electron chi connectivity index (χ4n) is 2.34. The van der Waals surface area contributed by atoms with Crippen molar-refractivity contribution in [2.45, 2.75) is 46.5 Å². The first-order valence-corrected chi connectivity index (χ1v) is 7.37. The highest BCUT2D eigenvalue weighted by Gasteiger charge is 2.20. The lowest BCUT2D eigenvalue weighted by Gasteiger charge is -2.26. The van der Waals surface area contributed by atoms with E-state index in [1.807, 2.05) is 13.8 Å². The Bertz CT molecular complexity index is 413. The first-order chi connectivity index (χ1) is 9.58. The Morgan fingerprint density at radius 2 is 1.70 bits per heavy atom. The lowest BCUT2D eigenvalue weighted by atomic mass is 9.83. The van der Waals surface area contributed by atoms with Gasteiger partial charge in [-0.25, -0.2) is 0 Å². The summed E-state index contributed by atoms with van der Waals surface area (Å²) < 4.78 is 31.8. The Kier molecular flexibility index (Phi) is 6.76. The molecule has 0 radical (unpaired) electrons. The highest BCUT2D eigenvalue weighted by atomic mass is 19.2. The Labute approximate surface area is 119 Å². The Morgan fingerprint density at radius 1 is 1.10 bits per heavy atom. The number of hydrogen-bond donors (Lipinski definition) is 1. The van der Waals surface area contributed by atoms with E-state index in [2.05, 4.69) is 6.92 Å². The lowest BCUT2D eigenvalue weighted by Crippen LogP contribution is -2.19. The molecule has 1 aliphatic rings. The van der Waals surface area contributed by atoms with Crippen LogP contribution in [0.25, 0.3) is 0 Å². The summed E-state index contributed by atoms with van der Waals surface area (Å²) in [6.07, 6.45) is 4.48. The van der Waals surface area contributed by atoms with Gasteiger partial charge in [0, 0.05) is 0 Å². The number of benzene rings is 1. The van der Waals surface area contributed by atoms with Crippen LogP contribution in [0.4, 0.5) is 8.78 Å². The van der Waals surface area contributed by atoms with Crippen LogP contribution in [0, 0.1) is 23.5 Å². The maximum absolute atomic E-state index is 13.4. The summed E-state index contributed by atoms with van der Waals surface area (Å²) in [6.45, 7) is 6.64. The fraction of sp³-hybridized carbons (Fsp3) is 0.625. The van der Waals surface area contributed by atoms with E-state index >= 15 is 0 Å². The zero-order chi connectivity index (χ0) is 15.1. The SMILES string of the molecule is CC.CC1CCC(COc2ccc(O)c(F)c2F)CC1. The number of phenolic OH excluding ortho intramolecular Hbond substituents is 1. The van der Waals surface area contributed by atoms with Crippen molar-refractivity contribution in [1.82, 2.24) is 0 Å². The number of aromatic hydroxyl groups is 1. The van der Waals surface area contributed by atoms with Crippen LogP contribution in [-0.4, -0.2) is 11.7 Å². The Hall–Kier alpha value is -1.32.